The van der Waals surface area contributed by atoms with Crippen LogP contribution in [0.3, 0.4) is 0 Å². The minimum absolute atomic E-state index is 0.00426. The van der Waals surface area contributed by atoms with Gasteiger partial charge in [0.15, 0.2) is 5.78 Å². The number of nitrogens with zero attached hydrogens (tertiary/aromatic N) is 6. The molecule has 7 rings (SSSR count). The van der Waals surface area contributed by atoms with E-state index in [9.17, 15) is 38.4 Å². The van der Waals surface area contributed by atoms with E-state index in [1.807, 2.05) is 24.1 Å². The number of esters is 1. The number of hydrogen-bond donors (Lipinski definition) is 3. The lowest BCUT2D eigenvalue weighted by molar-refractivity contribution is -0.144. The molecule has 1 atom stereocenters. The van der Waals surface area contributed by atoms with E-state index < -0.39 is 5.91 Å². The highest BCUT2D eigenvalue weighted by atomic mass is 16.5. The minimum atomic E-state index is -0.437. The van der Waals surface area contributed by atoms with E-state index in [1.54, 1.807) is 77.7 Å². The third-order valence-electron chi connectivity index (χ3n) is 12.0. The average molecular weight is 932 g/mol. The van der Waals surface area contributed by atoms with Gasteiger partial charge in [-0.1, -0.05) is 6.42 Å². The molecule has 19 nitrogen and oxygen atoms in total. The Morgan fingerprint density at radius 1 is 0.750 bits per heavy atom. The summed E-state index contributed by atoms with van der Waals surface area (Å²) in [6.45, 7) is 3.59. The van der Waals surface area contributed by atoms with Crippen LogP contribution in [0.25, 0.3) is 0 Å². The maximum absolute atomic E-state index is 13.4. The Hall–Kier alpha value is -7.57. The number of ketones is 1. The Bertz CT molecular complexity index is 2670. The number of nitrogens with one attached hydrogen (secondary N) is 3. The summed E-state index contributed by atoms with van der Waals surface area (Å²) in [5.74, 6) is -1.66. The van der Waals surface area contributed by atoms with Crippen LogP contribution >= 0.6 is 0 Å². The quantitative estimate of drug-likeness (QED) is 0.0416. The maximum atomic E-state index is 13.4. The first-order valence-corrected chi connectivity index (χ1v) is 22.9. The molecule has 1 aromatic carbocycles. The SMILES string of the molecule is Cc1cc2c(cc1OCCCC(=O)Nc1cc(C(=O)Cc3cc(C(=O)Nc4cc(C(=O)NCCCOC(=O)CCCCCN5C(=O)C=CC5=O)n(C)c4)n(C)c3)n(C)c1)N=CC1CCCN1C2=O. The molecule has 0 bridgehead atoms. The number of imide groups is 1. The van der Waals surface area contributed by atoms with Gasteiger partial charge in [0.2, 0.25) is 5.91 Å². The molecule has 6 heterocycles. The van der Waals surface area contributed by atoms with Crippen LogP contribution in [0, 0.1) is 6.92 Å². The third-order valence-corrected chi connectivity index (χ3v) is 12.0. The van der Waals surface area contributed by atoms with Crippen molar-refractivity contribution in [3.05, 3.63) is 94.8 Å². The van der Waals surface area contributed by atoms with Gasteiger partial charge in [0, 0.05) is 103 Å². The van der Waals surface area contributed by atoms with E-state index in [0.717, 1.165) is 24.9 Å². The van der Waals surface area contributed by atoms with E-state index in [-0.39, 0.29) is 86.4 Å². The number of amides is 6. The highest BCUT2D eigenvalue weighted by molar-refractivity contribution is 6.13. The molecule has 6 amide bonds. The van der Waals surface area contributed by atoms with Crippen LogP contribution < -0.4 is 20.7 Å². The molecule has 3 aliphatic heterocycles. The molecule has 3 aromatic heterocycles. The van der Waals surface area contributed by atoms with Crippen molar-refractivity contribution in [2.45, 2.75) is 77.2 Å². The fourth-order valence-electron chi connectivity index (χ4n) is 8.46. The molecule has 0 spiro atoms. The standard InChI is InChI=1S/C49H57N9O10/c1-31-21-36-37(51-27-35-11-8-18-57(35)49(36)66)26-42(31)67-19-9-12-43(60)52-33-24-38(55(3)29-33)41(59)23-32-22-39(54(2)28-32)48(65)53-34-25-40(56(4)30-34)47(64)50-16-10-20-68-46(63)13-6-5-7-17-58-44(61)14-15-45(58)62/h14-15,21-22,24-30,35H,5-13,16-20,23H2,1-4H3,(H,50,64)(H,52,60)(H,53,65). The summed E-state index contributed by atoms with van der Waals surface area (Å²) in [4.78, 5) is 109. The fraction of sp³-hybridized carbons (Fsp3) is 0.408. The molecule has 19 heteroatoms. The number of benzene rings is 1. The Balaban J connectivity index is 0.801. The lowest BCUT2D eigenvalue weighted by Crippen LogP contribution is -2.35. The van der Waals surface area contributed by atoms with Crippen molar-refractivity contribution in [1.29, 1.82) is 0 Å². The number of hydrogen-bond acceptors (Lipinski definition) is 11. The second-order valence-electron chi connectivity index (χ2n) is 17.3. The molecule has 3 N–H and O–H groups in total. The number of Topliss-reactive ketones (excluding diaryl/α,β-unsaturated/α-hetero) is 1. The van der Waals surface area contributed by atoms with Gasteiger partial charge in [-0.3, -0.25) is 48.2 Å². The summed E-state index contributed by atoms with van der Waals surface area (Å²) in [5, 5.41) is 8.47. The van der Waals surface area contributed by atoms with Crippen molar-refractivity contribution in [1.82, 2.24) is 28.8 Å². The van der Waals surface area contributed by atoms with Gasteiger partial charge in [0.05, 0.1) is 47.6 Å². The first-order valence-electron chi connectivity index (χ1n) is 22.9. The van der Waals surface area contributed by atoms with Crippen LogP contribution in [0.4, 0.5) is 17.1 Å². The van der Waals surface area contributed by atoms with Gasteiger partial charge >= 0.3 is 5.97 Å². The number of fused-ring (bicyclic) bond motifs is 2. The summed E-state index contributed by atoms with van der Waals surface area (Å²) >= 11 is 0. The highest BCUT2D eigenvalue weighted by Crippen LogP contribution is 2.34. The number of aliphatic imine (C=N–C) groups is 1. The highest BCUT2D eigenvalue weighted by Gasteiger charge is 2.32. The summed E-state index contributed by atoms with van der Waals surface area (Å²) < 4.78 is 16.1. The molecule has 1 unspecified atom stereocenters. The summed E-state index contributed by atoms with van der Waals surface area (Å²) in [5.41, 5.74) is 4.44. The third kappa shape index (κ3) is 11.9. The molecule has 3 aliphatic rings. The van der Waals surface area contributed by atoms with Gasteiger partial charge in [-0.25, -0.2) is 0 Å². The predicted molar refractivity (Wildman–Crippen MR) is 251 cm³/mol. The van der Waals surface area contributed by atoms with Crippen LogP contribution in [-0.2, 0) is 51.5 Å². The number of carbonyl (C=O) groups excluding carboxylic acids is 8. The molecular formula is C49H57N9O10. The molecule has 0 radical (unpaired) electrons. The smallest absolute Gasteiger partial charge is 0.305 e. The van der Waals surface area contributed by atoms with E-state index in [1.165, 1.54) is 17.1 Å². The van der Waals surface area contributed by atoms with Crippen molar-refractivity contribution >= 4 is 70.5 Å². The zero-order valence-electron chi connectivity index (χ0n) is 38.8. The summed E-state index contributed by atoms with van der Waals surface area (Å²) in [6.07, 6.45) is 14.2. The van der Waals surface area contributed by atoms with Crippen LogP contribution in [0.2, 0.25) is 0 Å². The molecular weight excluding hydrogens is 875 g/mol. The van der Waals surface area contributed by atoms with E-state index in [4.69, 9.17) is 9.47 Å². The Morgan fingerprint density at radius 2 is 1.46 bits per heavy atom. The predicted octanol–water partition coefficient (Wildman–Crippen LogP) is 4.95. The lowest BCUT2D eigenvalue weighted by Gasteiger charge is -2.20. The van der Waals surface area contributed by atoms with Gasteiger partial charge in [0.25, 0.3) is 29.5 Å². The van der Waals surface area contributed by atoms with Crippen LogP contribution in [0.5, 0.6) is 5.75 Å². The average Bonchev–Trinajstić information content (AvgIpc) is 4.13. The second-order valence-corrected chi connectivity index (χ2v) is 17.3. The van der Waals surface area contributed by atoms with E-state index in [0.29, 0.717) is 89.7 Å². The Morgan fingerprint density at radius 3 is 2.24 bits per heavy atom. The van der Waals surface area contributed by atoms with Crippen LogP contribution in [0.1, 0.15) is 111 Å². The topological polar surface area (TPSA) is 225 Å². The monoisotopic (exact) mass is 931 g/mol. The molecule has 358 valence electrons. The van der Waals surface area contributed by atoms with Gasteiger partial charge in [0.1, 0.15) is 17.1 Å². The van der Waals surface area contributed by atoms with Gasteiger partial charge in [-0.2, -0.15) is 0 Å². The van der Waals surface area contributed by atoms with Crippen molar-refractivity contribution in [2.75, 3.05) is 43.5 Å². The first kappa shape index (κ1) is 48.4. The van der Waals surface area contributed by atoms with E-state index in [2.05, 4.69) is 20.9 Å². The number of carbonyl (C=O) groups is 8. The Kier molecular flexibility index (Phi) is 15.5. The van der Waals surface area contributed by atoms with Crippen molar-refractivity contribution in [2.24, 2.45) is 26.1 Å². The number of ether oxygens (including phenoxy) is 2. The largest absolute Gasteiger partial charge is 0.493 e. The maximum Gasteiger partial charge on any atom is 0.305 e. The van der Waals surface area contributed by atoms with Gasteiger partial charge < -0.3 is 44.0 Å². The zero-order valence-corrected chi connectivity index (χ0v) is 38.8. The van der Waals surface area contributed by atoms with Crippen molar-refractivity contribution in [3.8, 4) is 5.75 Å². The molecule has 1 fully saturated rings. The molecule has 68 heavy (non-hydrogen) atoms. The van der Waals surface area contributed by atoms with E-state index >= 15 is 0 Å². The number of aryl methyl sites for hydroxylation is 4. The normalized spacial score (nSPS) is 15.1. The minimum Gasteiger partial charge on any atom is -0.493 e. The first-order chi connectivity index (χ1) is 32.6. The molecule has 4 aromatic rings. The van der Waals surface area contributed by atoms with Gasteiger partial charge in [-0.15, -0.1) is 0 Å². The number of unbranched alkanes of at least 4 members (excludes halogenated alkanes) is 2. The number of rotatable bonds is 22. The zero-order chi connectivity index (χ0) is 48.5. The Labute approximate surface area is 393 Å². The second kappa shape index (κ2) is 21.8. The van der Waals surface area contributed by atoms with Gasteiger partial charge in [-0.05, 0) is 80.8 Å². The van der Waals surface area contributed by atoms with Crippen LogP contribution in [-0.4, -0.2) is 116 Å². The molecule has 1 saturated heterocycles. The van der Waals surface area contributed by atoms with Crippen LogP contribution in [0.15, 0.2) is 66.1 Å². The molecule has 0 saturated carbocycles. The summed E-state index contributed by atoms with van der Waals surface area (Å²) in [7, 11) is 5.09. The summed E-state index contributed by atoms with van der Waals surface area (Å²) in [6, 6.07) is 8.43. The number of anilines is 2. The van der Waals surface area contributed by atoms with Crippen molar-refractivity contribution in [3.63, 3.8) is 0 Å². The van der Waals surface area contributed by atoms with Crippen molar-refractivity contribution < 1.29 is 47.8 Å². The lowest BCUT2D eigenvalue weighted by atomic mass is 10.1. The fourth-order valence-corrected chi connectivity index (χ4v) is 8.46. The molecule has 0 aliphatic carbocycles. The number of aromatic nitrogens is 3.